The fraction of sp³-hybridized carbons (Fsp3) is 0.200. The smallest absolute Gasteiger partial charge is 0.141 e. The van der Waals surface area contributed by atoms with E-state index in [4.69, 9.17) is 16.3 Å². The first-order valence-corrected chi connectivity index (χ1v) is 6.03. The summed E-state index contributed by atoms with van der Waals surface area (Å²) in [5, 5.41) is 0. The zero-order valence-corrected chi connectivity index (χ0v) is 10.5. The molecule has 0 amide bonds. The van der Waals surface area contributed by atoms with Crippen LogP contribution in [0.5, 0.6) is 0 Å². The first-order valence-electron chi connectivity index (χ1n) is 5.59. The van der Waals surface area contributed by atoms with Gasteiger partial charge in [0.15, 0.2) is 0 Å². The molecule has 0 N–H and O–H groups in total. The number of halogens is 1. The van der Waals surface area contributed by atoms with Crippen molar-refractivity contribution in [3.8, 4) is 0 Å². The monoisotopic (exact) mass is 246 g/mol. The molecule has 0 saturated heterocycles. The van der Waals surface area contributed by atoms with Crippen LogP contribution in [-0.2, 0) is 4.74 Å². The topological polar surface area (TPSA) is 9.23 Å². The largest absolute Gasteiger partial charge is 0.365 e. The summed E-state index contributed by atoms with van der Waals surface area (Å²) >= 11 is 6.28. The van der Waals surface area contributed by atoms with Crippen LogP contribution in [0.4, 0.5) is 0 Å². The fourth-order valence-electron chi connectivity index (χ4n) is 1.95. The van der Waals surface area contributed by atoms with E-state index in [0.29, 0.717) is 0 Å². The molecule has 2 aromatic carbocycles. The van der Waals surface area contributed by atoms with E-state index < -0.39 is 0 Å². The maximum Gasteiger partial charge on any atom is 0.141 e. The van der Waals surface area contributed by atoms with Gasteiger partial charge in [-0.25, -0.2) is 0 Å². The Morgan fingerprint density at radius 1 is 0.824 bits per heavy atom. The summed E-state index contributed by atoms with van der Waals surface area (Å²) in [5.74, 6) is 0.0593. The van der Waals surface area contributed by atoms with Gasteiger partial charge in [-0.15, -0.1) is 0 Å². The molecular formula is C15H15ClO. The lowest BCUT2D eigenvalue weighted by atomic mass is 9.92. The fourth-order valence-corrected chi connectivity index (χ4v) is 2.24. The van der Waals surface area contributed by atoms with Crippen molar-refractivity contribution in [2.45, 2.75) is 11.5 Å². The van der Waals surface area contributed by atoms with E-state index in [1.54, 1.807) is 7.11 Å². The highest BCUT2D eigenvalue weighted by molar-refractivity contribution is 6.20. The van der Waals surface area contributed by atoms with Crippen LogP contribution >= 0.6 is 11.6 Å². The third kappa shape index (κ3) is 2.87. The molecule has 0 aromatic heterocycles. The average Bonchev–Trinajstić information content (AvgIpc) is 2.41. The molecule has 2 aromatic rings. The van der Waals surface area contributed by atoms with E-state index >= 15 is 0 Å². The Labute approximate surface area is 107 Å². The molecule has 2 heteroatoms. The number of rotatable bonds is 4. The standard InChI is InChI=1S/C15H15ClO/c1-17-15(16)14(12-8-4-2-5-9-12)13-10-6-3-7-11-13/h2-11,14-15H,1H3. The second-order valence-electron chi connectivity index (χ2n) is 3.89. The summed E-state index contributed by atoms with van der Waals surface area (Å²) in [6, 6.07) is 20.4. The predicted octanol–water partition coefficient (Wildman–Crippen LogP) is 4.03. The van der Waals surface area contributed by atoms with Crippen LogP contribution in [0, 0.1) is 0 Å². The van der Waals surface area contributed by atoms with Crippen molar-refractivity contribution in [1.29, 1.82) is 0 Å². The summed E-state index contributed by atoms with van der Waals surface area (Å²) in [5.41, 5.74) is 1.97. The maximum absolute atomic E-state index is 6.28. The number of alkyl halides is 1. The van der Waals surface area contributed by atoms with Crippen LogP contribution in [0.2, 0.25) is 0 Å². The first kappa shape index (κ1) is 12.2. The Morgan fingerprint density at radius 3 is 1.59 bits per heavy atom. The average molecular weight is 247 g/mol. The zero-order valence-electron chi connectivity index (χ0n) is 9.71. The summed E-state index contributed by atoms with van der Waals surface area (Å²) in [6.07, 6.45) is 0. The minimum Gasteiger partial charge on any atom is -0.365 e. The van der Waals surface area contributed by atoms with Crippen LogP contribution in [0.1, 0.15) is 17.0 Å². The van der Waals surface area contributed by atoms with Crippen molar-refractivity contribution >= 4 is 11.6 Å². The van der Waals surface area contributed by atoms with E-state index in [0.717, 1.165) is 0 Å². The molecular weight excluding hydrogens is 232 g/mol. The van der Waals surface area contributed by atoms with E-state index in [-0.39, 0.29) is 11.5 Å². The first-order chi connectivity index (χ1) is 8.33. The zero-order chi connectivity index (χ0) is 12.1. The number of ether oxygens (including phenoxy) is 1. The molecule has 0 aliphatic rings. The highest BCUT2D eigenvalue weighted by Gasteiger charge is 2.22. The lowest BCUT2D eigenvalue weighted by Gasteiger charge is -2.22. The van der Waals surface area contributed by atoms with Crippen molar-refractivity contribution < 1.29 is 4.74 Å². The van der Waals surface area contributed by atoms with Crippen molar-refractivity contribution in [2.24, 2.45) is 0 Å². The Hall–Kier alpha value is -1.31. The summed E-state index contributed by atoms with van der Waals surface area (Å²) < 4.78 is 5.29. The Balaban J connectivity index is 2.39. The third-order valence-electron chi connectivity index (χ3n) is 2.80. The lowest BCUT2D eigenvalue weighted by Crippen LogP contribution is -2.16. The lowest BCUT2D eigenvalue weighted by molar-refractivity contribution is 0.154. The SMILES string of the molecule is COC(Cl)C(c1ccccc1)c1ccccc1. The Kier molecular flexibility index (Phi) is 4.18. The van der Waals surface area contributed by atoms with Crippen LogP contribution in [-0.4, -0.2) is 12.7 Å². The van der Waals surface area contributed by atoms with Gasteiger partial charge in [0, 0.05) is 13.0 Å². The van der Waals surface area contributed by atoms with E-state index in [9.17, 15) is 0 Å². The van der Waals surface area contributed by atoms with E-state index in [1.165, 1.54) is 11.1 Å². The molecule has 88 valence electrons. The minimum atomic E-state index is -0.361. The van der Waals surface area contributed by atoms with Gasteiger partial charge in [0.25, 0.3) is 0 Å². The van der Waals surface area contributed by atoms with Crippen molar-refractivity contribution in [2.75, 3.05) is 7.11 Å². The highest BCUT2D eigenvalue weighted by atomic mass is 35.5. The van der Waals surface area contributed by atoms with Crippen molar-refractivity contribution in [1.82, 2.24) is 0 Å². The Bertz CT molecular complexity index is 401. The summed E-state index contributed by atoms with van der Waals surface area (Å²) in [6.45, 7) is 0. The molecule has 2 rings (SSSR count). The number of hydrogen-bond donors (Lipinski definition) is 0. The molecule has 0 aliphatic heterocycles. The number of methoxy groups -OCH3 is 1. The quantitative estimate of drug-likeness (QED) is 0.740. The van der Waals surface area contributed by atoms with Crippen LogP contribution in [0.15, 0.2) is 60.7 Å². The van der Waals surface area contributed by atoms with Gasteiger partial charge in [0.2, 0.25) is 0 Å². The van der Waals surface area contributed by atoms with Gasteiger partial charge < -0.3 is 4.74 Å². The van der Waals surface area contributed by atoms with Gasteiger partial charge in [-0.05, 0) is 11.1 Å². The van der Waals surface area contributed by atoms with Gasteiger partial charge in [-0.3, -0.25) is 0 Å². The molecule has 0 aliphatic carbocycles. The summed E-state index contributed by atoms with van der Waals surface area (Å²) in [4.78, 5) is 0. The molecule has 0 radical (unpaired) electrons. The van der Waals surface area contributed by atoms with Crippen molar-refractivity contribution in [3.05, 3.63) is 71.8 Å². The van der Waals surface area contributed by atoms with Gasteiger partial charge in [-0.2, -0.15) is 0 Å². The second kappa shape index (κ2) is 5.85. The van der Waals surface area contributed by atoms with Crippen molar-refractivity contribution in [3.63, 3.8) is 0 Å². The van der Waals surface area contributed by atoms with Crippen LogP contribution in [0.3, 0.4) is 0 Å². The van der Waals surface area contributed by atoms with E-state index in [1.807, 2.05) is 36.4 Å². The molecule has 1 nitrogen and oxygen atoms in total. The molecule has 0 bridgehead atoms. The molecule has 0 spiro atoms. The van der Waals surface area contributed by atoms with Gasteiger partial charge in [0.1, 0.15) is 5.56 Å². The van der Waals surface area contributed by atoms with Gasteiger partial charge in [0.05, 0.1) is 0 Å². The predicted molar refractivity (Wildman–Crippen MR) is 71.4 cm³/mol. The van der Waals surface area contributed by atoms with Crippen LogP contribution < -0.4 is 0 Å². The third-order valence-corrected chi connectivity index (χ3v) is 3.23. The molecule has 1 unspecified atom stereocenters. The number of hydrogen-bond acceptors (Lipinski definition) is 1. The molecule has 0 heterocycles. The van der Waals surface area contributed by atoms with Gasteiger partial charge >= 0.3 is 0 Å². The molecule has 1 atom stereocenters. The number of benzene rings is 2. The Morgan fingerprint density at radius 2 is 1.24 bits per heavy atom. The molecule has 0 saturated carbocycles. The highest BCUT2D eigenvalue weighted by Crippen LogP contribution is 2.31. The molecule has 17 heavy (non-hydrogen) atoms. The van der Waals surface area contributed by atoms with Gasteiger partial charge in [-0.1, -0.05) is 72.3 Å². The normalized spacial score (nSPS) is 12.6. The maximum atomic E-state index is 6.28. The second-order valence-corrected chi connectivity index (χ2v) is 4.32. The van der Waals surface area contributed by atoms with E-state index in [2.05, 4.69) is 24.3 Å². The van der Waals surface area contributed by atoms with Crippen LogP contribution in [0.25, 0.3) is 0 Å². The minimum absolute atomic E-state index is 0.0593. The summed E-state index contributed by atoms with van der Waals surface area (Å²) in [7, 11) is 1.64. The molecule has 0 fully saturated rings.